The SMILES string of the molecule is CS(=O)(=O)N1CC2(CCC2)c2ccccc21. The Kier molecular flexibility index (Phi) is 1.90. The van der Waals surface area contributed by atoms with Crippen LogP contribution in [0.3, 0.4) is 0 Å². The molecular weight excluding hydrogens is 222 g/mol. The molecule has 0 unspecified atom stereocenters. The number of benzene rings is 1. The molecule has 86 valence electrons. The van der Waals surface area contributed by atoms with Crippen molar-refractivity contribution in [1.82, 2.24) is 0 Å². The molecule has 1 aliphatic heterocycles. The standard InChI is InChI=1S/C12H15NO2S/c1-16(14,15)13-9-12(7-4-8-12)10-5-2-3-6-11(10)13/h2-3,5-6H,4,7-9H2,1H3. The lowest BCUT2D eigenvalue weighted by atomic mass is 9.66. The lowest BCUT2D eigenvalue weighted by Crippen LogP contribution is -2.41. The summed E-state index contributed by atoms with van der Waals surface area (Å²) in [5.41, 5.74) is 2.25. The summed E-state index contributed by atoms with van der Waals surface area (Å²) in [4.78, 5) is 0. The summed E-state index contributed by atoms with van der Waals surface area (Å²) in [5, 5.41) is 0. The average molecular weight is 237 g/mol. The maximum Gasteiger partial charge on any atom is 0.232 e. The molecule has 16 heavy (non-hydrogen) atoms. The van der Waals surface area contributed by atoms with Gasteiger partial charge in [-0.15, -0.1) is 0 Å². The fourth-order valence-corrected chi connectivity index (χ4v) is 3.91. The first-order chi connectivity index (χ1) is 7.53. The Balaban J connectivity index is 2.16. The van der Waals surface area contributed by atoms with Crippen LogP contribution in [0.4, 0.5) is 5.69 Å². The van der Waals surface area contributed by atoms with E-state index >= 15 is 0 Å². The first-order valence-corrected chi connectivity index (χ1v) is 7.45. The Morgan fingerprint density at radius 3 is 2.50 bits per heavy atom. The van der Waals surface area contributed by atoms with Crippen LogP contribution in [0.5, 0.6) is 0 Å². The molecule has 0 aromatic heterocycles. The number of anilines is 1. The van der Waals surface area contributed by atoms with Gasteiger partial charge >= 0.3 is 0 Å². The van der Waals surface area contributed by atoms with Crippen LogP contribution in [0, 0.1) is 0 Å². The number of fused-ring (bicyclic) bond motifs is 2. The van der Waals surface area contributed by atoms with Crippen molar-refractivity contribution in [2.24, 2.45) is 0 Å². The highest BCUT2D eigenvalue weighted by Gasteiger charge is 2.48. The average Bonchev–Trinajstić information content (AvgIpc) is 2.51. The van der Waals surface area contributed by atoms with Gasteiger partial charge in [0.15, 0.2) is 0 Å². The number of rotatable bonds is 1. The van der Waals surface area contributed by atoms with E-state index in [0.717, 1.165) is 18.5 Å². The van der Waals surface area contributed by atoms with Crippen molar-refractivity contribution in [2.45, 2.75) is 24.7 Å². The molecule has 1 saturated carbocycles. The monoisotopic (exact) mass is 237 g/mol. The third kappa shape index (κ3) is 1.22. The van der Waals surface area contributed by atoms with Crippen molar-refractivity contribution in [1.29, 1.82) is 0 Å². The molecule has 1 spiro atoms. The fourth-order valence-electron chi connectivity index (χ4n) is 2.91. The van der Waals surface area contributed by atoms with E-state index in [1.165, 1.54) is 18.2 Å². The summed E-state index contributed by atoms with van der Waals surface area (Å²) in [7, 11) is -3.13. The predicted octanol–water partition coefficient (Wildman–Crippen LogP) is 1.89. The molecule has 0 bridgehead atoms. The highest BCUT2D eigenvalue weighted by molar-refractivity contribution is 7.92. The van der Waals surface area contributed by atoms with Crippen LogP contribution in [0.25, 0.3) is 0 Å². The third-order valence-electron chi connectivity index (χ3n) is 3.90. The number of para-hydroxylation sites is 1. The number of hydrogen-bond donors (Lipinski definition) is 0. The maximum absolute atomic E-state index is 11.7. The molecule has 1 aromatic rings. The molecule has 1 aromatic carbocycles. The molecule has 0 radical (unpaired) electrons. The van der Waals surface area contributed by atoms with Crippen LogP contribution < -0.4 is 4.31 Å². The third-order valence-corrected chi connectivity index (χ3v) is 5.03. The number of nitrogens with zero attached hydrogens (tertiary/aromatic N) is 1. The van der Waals surface area contributed by atoms with Crippen molar-refractivity contribution < 1.29 is 8.42 Å². The Bertz CT molecular complexity index is 532. The second-order valence-electron chi connectivity index (χ2n) is 4.92. The molecule has 1 fully saturated rings. The topological polar surface area (TPSA) is 37.4 Å². The van der Waals surface area contributed by atoms with Gasteiger partial charge in [0, 0.05) is 12.0 Å². The van der Waals surface area contributed by atoms with Gasteiger partial charge < -0.3 is 0 Å². The molecule has 2 aliphatic rings. The van der Waals surface area contributed by atoms with E-state index in [9.17, 15) is 8.42 Å². The van der Waals surface area contributed by atoms with Gasteiger partial charge in [-0.25, -0.2) is 8.42 Å². The van der Waals surface area contributed by atoms with Gasteiger partial charge in [-0.05, 0) is 24.5 Å². The van der Waals surface area contributed by atoms with Crippen molar-refractivity contribution in [3.8, 4) is 0 Å². The first kappa shape index (κ1) is 10.1. The van der Waals surface area contributed by atoms with Gasteiger partial charge in [-0.3, -0.25) is 4.31 Å². The van der Waals surface area contributed by atoms with Crippen molar-refractivity contribution >= 4 is 15.7 Å². The largest absolute Gasteiger partial charge is 0.269 e. The summed E-state index contributed by atoms with van der Waals surface area (Å²) in [6, 6.07) is 7.92. The highest BCUT2D eigenvalue weighted by Crippen LogP contribution is 2.52. The van der Waals surface area contributed by atoms with Gasteiger partial charge in [0.2, 0.25) is 10.0 Å². The molecule has 0 atom stereocenters. The highest BCUT2D eigenvalue weighted by atomic mass is 32.2. The smallest absolute Gasteiger partial charge is 0.232 e. The van der Waals surface area contributed by atoms with Gasteiger partial charge in [0.05, 0.1) is 11.9 Å². The van der Waals surface area contributed by atoms with Gasteiger partial charge in [-0.1, -0.05) is 24.6 Å². The first-order valence-electron chi connectivity index (χ1n) is 5.60. The van der Waals surface area contributed by atoms with Crippen LogP contribution >= 0.6 is 0 Å². The zero-order valence-electron chi connectivity index (χ0n) is 9.31. The zero-order chi connectivity index (χ0) is 11.4. The fraction of sp³-hybridized carbons (Fsp3) is 0.500. The Morgan fingerprint density at radius 2 is 1.94 bits per heavy atom. The molecule has 1 heterocycles. The molecule has 0 amide bonds. The second kappa shape index (κ2) is 3.00. The van der Waals surface area contributed by atoms with E-state index in [4.69, 9.17) is 0 Å². The molecule has 0 N–H and O–H groups in total. The molecule has 0 saturated heterocycles. The molecule has 1 aliphatic carbocycles. The second-order valence-corrected chi connectivity index (χ2v) is 6.83. The summed E-state index contributed by atoms with van der Waals surface area (Å²) >= 11 is 0. The lowest BCUT2D eigenvalue weighted by molar-refractivity contribution is 0.268. The van der Waals surface area contributed by atoms with Gasteiger partial charge in [0.25, 0.3) is 0 Å². The summed E-state index contributed by atoms with van der Waals surface area (Å²) in [6.07, 6.45) is 4.75. The zero-order valence-corrected chi connectivity index (χ0v) is 10.1. The molecule has 4 heteroatoms. The van der Waals surface area contributed by atoms with Crippen LogP contribution in [0.1, 0.15) is 24.8 Å². The van der Waals surface area contributed by atoms with E-state index < -0.39 is 10.0 Å². The lowest BCUT2D eigenvalue weighted by Gasteiger charge is -2.38. The van der Waals surface area contributed by atoms with Crippen LogP contribution in [-0.4, -0.2) is 21.2 Å². The van der Waals surface area contributed by atoms with Crippen molar-refractivity contribution in [3.63, 3.8) is 0 Å². The summed E-state index contributed by atoms with van der Waals surface area (Å²) < 4.78 is 25.1. The quantitative estimate of drug-likeness (QED) is 0.748. The van der Waals surface area contributed by atoms with Crippen LogP contribution in [0.2, 0.25) is 0 Å². The van der Waals surface area contributed by atoms with Crippen molar-refractivity contribution in [3.05, 3.63) is 29.8 Å². The van der Waals surface area contributed by atoms with Gasteiger partial charge in [-0.2, -0.15) is 0 Å². The maximum atomic E-state index is 11.7. The van der Waals surface area contributed by atoms with E-state index in [1.54, 1.807) is 4.31 Å². The molecule has 3 rings (SSSR count). The Morgan fingerprint density at radius 1 is 1.25 bits per heavy atom. The predicted molar refractivity (Wildman–Crippen MR) is 64.2 cm³/mol. The minimum absolute atomic E-state index is 0.125. The minimum Gasteiger partial charge on any atom is -0.269 e. The molecular formula is C12H15NO2S. The number of sulfonamides is 1. The van der Waals surface area contributed by atoms with Crippen LogP contribution in [0.15, 0.2) is 24.3 Å². The number of hydrogen-bond acceptors (Lipinski definition) is 2. The van der Waals surface area contributed by atoms with E-state index in [1.807, 2.05) is 18.2 Å². The molecule has 3 nitrogen and oxygen atoms in total. The minimum atomic E-state index is -3.13. The van der Waals surface area contributed by atoms with E-state index in [0.29, 0.717) is 6.54 Å². The summed E-state index contributed by atoms with van der Waals surface area (Å²) in [6.45, 7) is 0.644. The van der Waals surface area contributed by atoms with Gasteiger partial charge in [0.1, 0.15) is 0 Å². The summed E-state index contributed by atoms with van der Waals surface area (Å²) in [5.74, 6) is 0. The Hall–Kier alpha value is -1.03. The van der Waals surface area contributed by atoms with E-state index in [-0.39, 0.29) is 5.41 Å². The normalized spacial score (nSPS) is 21.9. The van der Waals surface area contributed by atoms with E-state index in [2.05, 4.69) is 6.07 Å². The van der Waals surface area contributed by atoms with Crippen molar-refractivity contribution in [2.75, 3.05) is 17.1 Å². The van der Waals surface area contributed by atoms with Crippen LogP contribution in [-0.2, 0) is 15.4 Å². The Labute approximate surface area is 96.1 Å².